The van der Waals surface area contributed by atoms with E-state index in [0.717, 1.165) is 12.2 Å². The molecule has 0 aromatic carbocycles. The lowest BCUT2D eigenvalue weighted by atomic mass is 10.0. The van der Waals surface area contributed by atoms with Crippen LogP contribution in [-0.2, 0) is 4.79 Å². The van der Waals surface area contributed by atoms with Gasteiger partial charge in [0.2, 0.25) is 0 Å². The molecular formula is C9H12OS. The van der Waals surface area contributed by atoms with Crippen LogP contribution >= 0.6 is 12.6 Å². The summed E-state index contributed by atoms with van der Waals surface area (Å²) in [5, 5.41) is 0. The van der Waals surface area contributed by atoms with Crippen molar-refractivity contribution < 1.29 is 4.79 Å². The summed E-state index contributed by atoms with van der Waals surface area (Å²) >= 11 is 4.05. The van der Waals surface area contributed by atoms with Gasteiger partial charge in [-0.15, -0.1) is 0 Å². The number of hydrogen-bond donors (Lipinski definition) is 1. The Hall–Kier alpha value is -0.500. The molecule has 0 heterocycles. The lowest BCUT2D eigenvalue weighted by Crippen LogP contribution is -2.07. The van der Waals surface area contributed by atoms with Gasteiger partial charge < -0.3 is 0 Å². The van der Waals surface area contributed by atoms with Crippen LogP contribution in [0.1, 0.15) is 12.8 Å². The maximum Gasteiger partial charge on any atom is 0.143 e. The fraction of sp³-hybridized carbons (Fsp3) is 0.444. The monoisotopic (exact) mass is 168 g/mol. The molecule has 0 saturated heterocycles. The van der Waals surface area contributed by atoms with E-state index in [9.17, 15) is 4.79 Å². The first-order valence-electron chi connectivity index (χ1n) is 3.83. The zero-order valence-corrected chi connectivity index (χ0v) is 7.26. The molecule has 11 heavy (non-hydrogen) atoms. The molecule has 2 heteroatoms. The molecule has 1 aliphatic carbocycles. The van der Waals surface area contributed by atoms with Crippen molar-refractivity contribution in [1.82, 2.24) is 0 Å². The summed E-state index contributed by atoms with van der Waals surface area (Å²) in [5.41, 5.74) is 0. The average molecular weight is 168 g/mol. The molecule has 0 atom stereocenters. The van der Waals surface area contributed by atoms with Crippen molar-refractivity contribution in [3.05, 3.63) is 24.3 Å². The molecule has 0 saturated carbocycles. The zero-order valence-electron chi connectivity index (χ0n) is 6.36. The second kappa shape index (κ2) is 4.39. The Kier molecular flexibility index (Phi) is 3.43. The number of thiol groups is 1. The van der Waals surface area contributed by atoms with Gasteiger partial charge in [0.25, 0.3) is 0 Å². The van der Waals surface area contributed by atoms with E-state index in [-0.39, 0.29) is 5.92 Å². The highest BCUT2D eigenvalue weighted by molar-refractivity contribution is 7.80. The molecule has 1 rings (SSSR count). The molecule has 0 aromatic rings. The minimum absolute atomic E-state index is 0.0508. The Bertz CT molecular complexity index is 182. The molecule has 0 aliphatic heterocycles. The van der Waals surface area contributed by atoms with Crippen molar-refractivity contribution in [2.24, 2.45) is 5.92 Å². The van der Waals surface area contributed by atoms with E-state index >= 15 is 0 Å². The number of carbonyl (C=O) groups excluding carboxylic acids is 1. The first kappa shape index (κ1) is 8.60. The molecule has 60 valence electrons. The van der Waals surface area contributed by atoms with Crippen LogP contribution in [0.4, 0.5) is 0 Å². The molecule has 1 aliphatic rings. The number of rotatable bonds is 4. The number of ketones is 1. The van der Waals surface area contributed by atoms with Crippen LogP contribution in [0.3, 0.4) is 0 Å². The van der Waals surface area contributed by atoms with Crippen molar-refractivity contribution in [3.63, 3.8) is 0 Å². The average Bonchev–Trinajstić information content (AvgIpc) is 2.52. The third-order valence-corrected chi connectivity index (χ3v) is 2.02. The maximum absolute atomic E-state index is 11.3. The first-order valence-corrected chi connectivity index (χ1v) is 4.46. The standard InChI is InChI=1S/C9H12OS/c10-9(6-3-7-11)8-4-1-2-5-8/h1-2,4-5,8,11H,3,6-7H2. The predicted octanol–water partition coefficient (Wildman–Crippen LogP) is 2.01. The molecular weight excluding hydrogens is 156 g/mol. The van der Waals surface area contributed by atoms with Crippen LogP contribution in [0.5, 0.6) is 0 Å². The second-order valence-corrected chi connectivity index (χ2v) is 3.04. The molecule has 0 aromatic heterocycles. The summed E-state index contributed by atoms with van der Waals surface area (Å²) in [6, 6.07) is 0. The molecule has 0 radical (unpaired) electrons. The van der Waals surface area contributed by atoms with Crippen molar-refractivity contribution >= 4 is 18.4 Å². The second-order valence-electron chi connectivity index (χ2n) is 2.59. The van der Waals surface area contributed by atoms with Gasteiger partial charge in [-0.1, -0.05) is 24.3 Å². The van der Waals surface area contributed by atoms with E-state index in [0.29, 0.717) is 12.2 Å². The normalized spacial score (nSPS) is 16.1. The lowest BCUT2D eigenvalue weighted by molar-refractivity contribution is -0.120. The topological polar surface area (TPSA) is 17.1 Å². The lowest BCUT2D eigenvalue weighted by Gasteiger charge is -2.01. The van der Waals surface area contributed by atoms with Crippen LogP contribution in [0.2, 0.25) is 0 Å². The number of Topliss-reactive ketones (excluding diaryl/α,β-unsaturated/α-hetero) is 1. The fourth-order valence-electron chi connectivity index (χ4n) is 1.07. The molecule has 0 N–H and O–H groups in total. The highest BCUT2D eigenvalue weighted by atomic mass is 32.1. The van der Waals surface area contributed by atoms with Crippen LogP contribution in [-0.4, -0.2) is 11.5 Å². The molecule has 0 fully saturated rings. The Labute approximate surface area is 72.6 Å². The van der Waals surface area contributed by atoms with Crippen molar-refractivity contribution in [1.29, 1.82) is 0 Å². The van der Waals surface area contributed by atoms with Gasteiger partial charge in [0.05, 0.1) is 5.92 Å². The summed E-state index contributed by atoms with van der Waals surface area (Å²) in [5.74, 6) is 1.16. The fourth-order valence-corrected chi connectivity index (χ4v) is 1.22. The minimum Gasteiger partial charge on any atom is -0.299 e. The molecule has 1 nitrogen and oxygen atoms in total. The van der Waals surface area contributed by atoms with E-state index in [1.54, 1.807) is 0 Å². The van der Waals surface area contributed by atoms with E-state index in [1.165, 1.54) is 0 Å². The first-order chi connectivity index (χ1) is 5.34. The molecule has 0 amide bonds. The van der Waals surface area contributed by atoms with Gasteiger partial charge in [-0.25, -0.2) is 0 Å². The Morgan fingerprint density at radius 2 is 2.00 bits per heavy atom. The maximum atomic E-state index is 11.3. The van der Waals surface area contributed by atoms with Gasteiger partial charge in [0, 0.05) is 6.42 Å². The minimum atomic E-state index is 0.0508. The van der Waals surface area contributed by atoms with Crippen LogP contribution in [0.25, 0.3) is 0 Å². The highest BCUT2D eigenvalue weighted by Crippen LogP contribution is 2.12. The van der Waals surface area contributed by atoms with E-state index in [1.807, 2.05) is 24.3 Å². The number of hydrogen-bond acceptors (Lipinski definition) is 2. The van der Waals surface area contributed by atoms with Gasteiger partial charge >= 0.3 is 0 Å². The van der Waals surface area contributed by atoms with Crippen LogP contribution < -0.4 is 0 Å². The highest BCUT2D eigenvalue weighted by Gasteiger charge is 2.12. The predicted molar refractivity (Wildman–Crippen MR) is 49.9 cm³/mol. The summed E-state index contributed by atoms with van der Waals surface area (Å²) in [7, 11) is 0. The molecule has 0 bridgehead atoms. The summed E-state index contributed by atoms with van der Waals surface area (Å²) in [6.07, 6.45) is 9.25. The van der Waals surface area contributed by atoms with Crippen molar-refractivity contribution in [2.45, 2.75) is 12.8 Å². The van der Waals surface area contributed by atoms with E-state index in [4.69, 9.17) is 0 Å². The van der Waals surface area contributed by atoms with Crippen LogP contribution in [0, 0.1) is 5.92 Å². The number of carbonyl (C=O) groups is 1. The Balaban J connectivity index is 2.30. The summed E-state index contributed by atoms with van der Waals surface area (Å²) < 4.78 is 0. The Morgan fingerprint density at radius 1 is 1.36 bits per heavy atom. The number of allylic oxidation sites excluding steroid dienone is 4. The zero-order chi connectivity index (χ0) is 8.10. The quantitative estimate of drug-likeness (QED) is 0.635. The van der Waals surface area contributed by atoms with Crippen LogP contribution in [0.15, 0.2) is 24.3 Å². The Morgan fingerprint density at radius 3 is 2.55 bits per heavy atom. The van der Waals surface area contributed by atoms with E-state index in [2.05, 4.69) is 12.6 Å². The third-order valence-electron chi connectivity index (χ3n) is 1.70. The third kappa shape index (κ3) is 2.54. The van der Waals surface area contributed by atoms with E-state index < -0.39 is 0 Å². The summed E-state index contributed by atoms with van der Waals surface area (Å²) in [4.78, 5) is 11.3. The van der Waals surface area contributed by atoms with Gasteiger partial charge in [-0.3, -0.25) is 4.79 Å². The summed E-state index contributed by atoms with van der Waals surface area (Å²) in [6.45, 7) is 0. The largest absolute Gasteiger partial charge is 0.299 e. The SMILES string of the molecule is O=C(CCCS)C1C=CC=C1. The van der Waals surface area contributed by atoms with Crippen molar-refractivity contribution in [2.75, 3.05) is 5.75 Å². The van der Waals surface area contributed by atoms with Crippen molar-refractivity contribution in [3.8, 4) is 0 Å². The smallest absolute Gasteiger partial charge is 0.143 e. The van der Waals surface area contributed by atoms with Gasteiger partial charge in [-0.2, -0.15) is 12.6 Å². The van der Waals surface area contributed by atoms with Gasteiger partial charge in [0.1, 0.15) is 5.78 Å². The molecule has 0 unspecified atom stereocenters. The van der Waals surface area contributed by atoms with Gasteiger partial charge in [-0.05, 0) is 12.2 Å². The van der Waals surface area contributed by atoms with Gasteiger partial charge in [0.15, 0.2) is 0 Å². The molecule has 0 spiro atoms.